The van der Waals surface area contributed by atoms with Gasteiger partial charge in [-0.3, -0.25) is 9.47 Å². The lowest BCUT2D eigenvalue weighted by Crippen LogP contribution is -2.38. The summed E-state index contributed by atoms with van der Waals surface area (Å²) >= 11 is 0. The maximum Gasteiger partial charge on any atom is 0.411 e. The van der Waals surface area contributed by atoms with E-state index in [1.807, 2.05) is 6.07 Å². The predicted molar refractivity (Wildman–Crippen MR) is 92.2 cm³/mol. The average molecular weight is 365 g/mol. The Bertz CT molecular complexity index is 1100. The third-order valence-corrected chi connectivity index (χ3v) is 5.00. The van der Waals surface area contributed by atoms with E-state index in [4.69, 9.17) is 16.4 Å². The zero-order valence-electron chi connectivity index (χ0n) is 14.4. The lowest BCUT2D eigenvalue weighted by atomic mass is 10.2. The normalized spacial score (nSPS) is 19.4. The van der Waals surface area contributed by atoms with E-state index in [-0.39, 0.29) is 24.2 Å². The van der Waals surface area contributed by atoms with Gasteiger partial charge in [-0.05, 0) is 25.0 Å². The summed E-state index contributed by atoms with van der Waals surface area (Å²) in [5, 5.41) is 19.7. The summed E-state index contributed by atoms with van der Waals surface area (Å²) in [5.74, 6) is 1.99. The highest BCUT2D eigenvalue weighted by Gasteiger charge is 2.49. The van der Waals surface area contributed by atoms with E-state index in [1.54, 1.807) is 13.0 Å². The van der Waals surface area contributed by atoms with Crippen LogP contribution in [0.2, 0.25) is 0 Å². The third-order valence-electron chi connectivity index (χ3n) is 5.00. The number of nitriles is 1. The van der Waals surface area contributed by atoms with Crippen LogP contribution in [-0.4, -0.2) is 43.4 Å². The minimum Gasteiger partial charge on any atom is -0.493 e. The van der Waals surface area contributed by atoms with E-state index in [0.29, 0.717) is 29.9 Å². The third kappa shape index (κ3) is 2.29. The predicted octanol–water partition coefficient (Wildman–Crippen LogP) is 0.991. The summed E-state index contributed by atoms with van der Waals surface area (Å²) < 4.78 is 7.64. The van der Waals surface area contributed by atoms with Crippen molar-refractivity contribution in [3.8, 4) is 30.0 Å². The smallest absolute Gasteiger partial charge is 0.411 e. The number of pyridine rings is 1. The second-order valence-corrected chi connectivity index (χ2v) is 6.48. The number of likely N-dealkylation sites (tertiary alicyclic amines) is 1. The lowest BCUT2D eigenvalue weighted by molar-refractivity contribution is 0.103. The Hall–Kier alpha value is -3.72. The topological polar surface area (TPSA) is 113 Å². The molecule has 9 heteroatoms. The minimum absolute atomic E-state index is 0.136. The molecule has 2 aliphatic heterocycles. The largest absolute Gasteiger partial charge is 0.493 e. The van der Waals surface area contributed by atoms with Gasteiger partial charge in [-0.25, -0.2) is 19.1 Å². The number of aromatic nitrogens is 3. The van der Waals surface area contributed by atoms with Gasteiger partial charge in [0.2, 0.25) is 5.88 Å². The molecule has 2 aliphatic rings. The molecule has 2 aromatic rings. The van der Waals surface area contributed by atoms with Gasteiger partial charge in [0.25, 0.3) is 0 Å². The van der Waals surface area contributed by atoms with Crippen LogP contribution in [-0.2, 0) is 4.74 Å². The molecule has 1 amide bonds. The van der Waals surface area contributed by atoms with Gasteiger partial charge in [0.1, 0.15) is 17.5 Å². The van der Waals surface area contributed by atoms with Crippen molar-refractivity contribution in [2.45, 2.75) is 25.4 Å². The summed E-state index contributed by atoms with van der Waals surface area (Å²) in [6.07, 6.45) is 6.45. The van der Waals surface area contributed by atoms with Crippen molar-refractivity contribution >= 4 is 6.09 Å². The zero-order valence-corrected chi connectivity index (χ0v) is 14.4. The molecule has 27 heavy (non-hydrogen) atoms. The SMILES string of the molecule is C#CCOC(=O)N1C[C@H]2CC1c1c(O)n(-c3cnc(C#N)c(C)c3)c(=O)n12. The Morgan fingerprint density at radius 2 is 2.33 bits per heavy atom. The Balaban J connectivity index is 1.76. The first-order valence-corrected chi connectivity index (χ1v) is 8.28. The number of carbonyl (C=O) groups excluding carboxylic acids is 1. The van der Waals surface area contributed by atoms with Crippen LogP contribution in [0.4, 0.5) is 4.79 Å². The molecule has 1 N–H and O–H groups in total. The van der Waals surface area contributed by atoms with E-state index in [2.05, 4.69) is 10.9 Å². The fourth-order valence-corrected chi connectivity index (χ4v) is 3.87. The number of terminal acetylenes is 1. The van der Waals surface area contributed by atoms with Crippen LogP contribution in [0.15, 0.2) is 17.1 Å². The highest BCUT2D eigenvalue weighted by Crippen LogP contribution is 2.48. The van der Waals surface area contributed by atoms with E-state index >= 15 is 0 Å². The van der Waals surface area contributed by atoms with E-state index in [1.165, 1.54) is 15.7 Å². The molecule has 0 aromatic carbocycles. The number of ether oxygens (including phenoxy) is 1. The maximum atomic E-state index is 12.9. The van der Waals surface area contributed by atoms with Crippen molar-refractivity contribution in [3.63, 3.8) is 0 Å². The van der Waals surface area contributed by atoms with Crippen LogP contribution >= 0.6 is 0 Å². The molecule has 0 saturated carbocycles. The van der Waals surface area contributed by atoms with Crippen molar-refractivity contribution in [3.05, 3.63) is 39.7 Å². The highest BCUT2D eigenvalue weighted by atomic mass is 16.6. The first-order valence-electron chi connectivity index (χ1n) is 8.28. The molecule has 2 atom stereocenters. The Morgan fingerprint density at radius 3 is 3.00 bits per heavy atom. The molecular weight excluding hydrogens is 350 g/mol. The Morgan fingerprint density at radius 1 is 1.56 bits per heavy atom. The number of amides is 1. The fraction of sp³-hybridized carbons (Fsp3) is 0.333. The fourth-order valence-electron chi connectivity index (χ4n) is 3.87. The van der Waals surface area contributed by atoms with Crippen molar-refractivity contribution in [2.24, 2.45) is 0 Å². The van der Waals surface area contributed by atoms with Crippen LogP contribution in [0.25, 0.3) is 5.69 Å². The van der Waals surface area contributed by atoms with Crippen molar-refractivity contribution in [1.29, 1.82) is 5.26 Å². The molecule has 2 bridgehead atoms. The molecule has 136 valence electrons. The molecule has 0 radical (unpaired) electrons. The number of imidazole rings is 1. The van der Waals surface area contributed by atoms with Crippen molar-refractivity contribution in [2.75, 3.05) is 13.2 Å². The van der Waals surface area contributed by atoms with Gasteiger partial charge in [0.05, 0.1) is 24.0 Å². The molecule has 0 spiro atoms. The highest BCUT2D eigenvalue weighted by molar-refractivity contribution is 5.69. The number of nitrogens with zero attached hydrogens (tertiary/aromatic N) is 5. The summed E-state index contributed by atoms with van der Waals surface area (Å²) in [7, 11) is 0. The lowest BCUT2D eigenvalue weighted by Gasteiger charge is -2.26. The summed E-state index contributed by atoms with van der Waals surface area (Å²) in [5.41, 5.74) is 1.17. The summed E-state index contributed by atoms with van der Waals surface area (Å²) in [6, 6.07) is 2.88. The van der Waals surface area contributed by atoms with Crippen LogP contribution < -0.4 is 5.69 Å². The van der Waals surface area contributed by atoms with E-state index in [9.17, 15) is 14.7 Å². The molecule has 0 aliphatic carbocycles. The van der Waals surface area contributed by atoms with Gasteiger partial charge in [0.15, 0.2) is 6.61 Å². The maximum absolute atomic E-state index is 12.9. The molecule has 2 aromatic heterocycles. The van der Waals surface area contributed by atoms with E-state index in [0.717, 1.165) is 4.57 Å². The van der Waals surface area contributed by atoms with Crippen LogP contribution in [0.1, 0.15) is 35.5 Å². The number of hydrogen-bond acceptors (Lipinski definition) is 6. The number of hydrogen-bond donors (Lipinski definition) is 1. The molecule has 1 fully saturated rings. The van der Waals surface area contributed by atoms with Crippen molar-refractivity contribution in [1.82, 2.24) is 19.0 Å². The Kier molecular flexibility index (Phi) is 3.67. The van der Waals surface area contributed by atoms with Gasteiger partial charge in [-0.15, -0.1) is 6.42 Å². The average Bonchev–Trinajstić information content (AvgIpc) is 3.31. The standard InChI is InChI=1S/C18H15N5O4/c1-3-4-27-18(26)21-9-12-6-14(21)15-16(24)23(17(25)22(12)15)11-5-10(2)13(7-19)20-8-11/h1,5,8,12,14,24H,4,6,9H2,2H3/t12-,14?/m1/s1. The van der Waals surface area contributed by atoms with Crippen LogP contribution in [0.3, 0.4) is 0 Å². The number of aryl methyl sites for hydroxylation is 1. The summed E-state index contributed by atoms with van der Waals surface area (Å²) in [4.78, 5) is 30.6. The number of rotatable bonds is 2. The summed E-state index contributed by atoms with van der Waals surface area (Å²) in [6.45, 7) is 1.88. The first-order chi connectivity index (χ1) is 13.0. The molecule has 1 unspecified atom stereocenters. The molecular formula is C18H15N5O4. The quantitative estimate of drug-likeness (QED) is 0.794. The van der Waals surface area contributed by atoms with Gasteiger partial charge >= 0.3 is 11.8 Å². The number of carbonyl (C=O) groups is 1. The van der Waals surface area contributed by atoms with Gasteiger partial charge in [0, 0.05) is 6.54 Å². The zero-order chi connectivity index (χ0) is 19.3. The first kappa shape index (κ1) is 16.7. The minimum atomic E-state index is -0.567. The second kappa shape index (κ2) is 5.92. The molecule has 4 rings (SSSR count). The molecule has 4 heterocycles. The van der Waals surface area contributed by atoms with Gasteiger partial charge in [-0.1, -0.05) is 5.92 Å². The Labute approximate surface area is 154 Å². The van der Waals surface area contributed by atoms with Gasteiger partial charge in [-0.2, -0.15) is 5.26 Å². The second-order valence-electron chi connectivity index (χ2n) is 6.48. The van der Waals surface area contributed by atoms with Crippen LogP contribution in [0.5, 0.6) is 5.88 Å². The monoisotopic (exact) mass is 365 g/mol. The van der Waals surface area contributed by atoms with E-state index < -0.39 is 17.8 Å². The van der Waals surface area contributed by atoms with Crippen molar-refractivity contribution < 1.29 is 14.6 Å². The molecule has 1 saturated heterocycles. The number of aromatic hydroxyl groups is 1. The molecule has 9 nitrogen and oxygen atoms in total. The van der Waals surface area contributed by atoms with Crippen LogP contribution in [0, 0.1) is 30.6 Å². The number of fused-ring (bicyclic) bond motifs is 5. The van der Waals surface area contributed by atoms with Gasteiger partial charge < -0.3 is 9.84 Å².